The fraction of sp³-hybridized carbons (Fsp3) is 0.500. The Labute approximate surface area is 131 Å². The number of halogens is 1. The Hall–Kier alpha value is -1.39. The van der Waals surface area contributed by atoms with Crippen molar-refractivity contribution in [1.29, 1.82) is 0 Å². The molecule has 2 atom stereocenters. The van der Waals surface area contributed by atoms with Gasteiger partial charge in [0.2, 0.25) is 5.91 Å². The van der Waals surface area contributed by atoms with Crippen molar-refractivity contribution in [3.05, 3.63) is 35.9 Å². The largest absolute Gasteiger partial charge is 0.345 e. The summed E-state index contributed by atoms with van der Waals surface area (Å²) in [6, 6.07) is 8.28. The predicted octanol–water partition coefficient (Wildman–Crippen LogP) is 1.90. The Morgan fingerprint density at radius 1 is 1.24 bits per heavy atom. The van der Waals surface area contributed by atoms with Crippen LogP contribution in [0, 0.1) is 5.92 Å². The normalized spacial score (nSPS) is 13.8. The van der Waals surface area contributed by atoms with Crippen LogP contribution >= 0.6 is 11.6 Å². The smallest absolute Gasteiger partial charge is 0.237 e. The molecule has 0 radical (unpaired) electrons. The van der Waals surface area contributed by atoms with Gasteiger partial charge in [-0.2, -0.15) is 0 Å². The minimum atomic E-state index is -0.629. The van der Waals surface area contributed by atoms with Gasteiger partial charge in [-0.1, -0.05) is 44.2 Å². The van der Waals surface area contributed by atoms with Crippen LogP contribution in [0.5, 0.6) is 0 Å². The fourth-order valence-electron chi connectivity index (χ4n) is 2.08. The Balaban J connectivity index is 2.70. The van der Waals surface area contributed by atoms with Crippen LogP contribution in [-0.2, 0) is 16.0 Å². The molecule has 0 spiro atoms. The summed E-state index contributed by atoms with van der Waals surface area (Å²) in [5.41, 5.74) is 6.82. The molecule has 5 heteroatoms. The van der Waals surface area contributed by atoms with E-state index in [2.05, 4.69) is 5.32 Å². The van der Waals surface area contributed by atoms with Gasteiger partial charge in [-0.25, -0.2) is 0 Å². The summed E-state index contributed by atoms with van der Waals surface area (Å²) in [6.07, 6.45) is 1.01. The molecular formula is C16H23ClN2O2. The average molecular weight is 311 g/mol. The minimum absolute atomic E-state index is 0.128. The molecule has 0 aliphatic carbocycles. The summed E-state index contributed by atoms with van der Waals surface area (Å²) in [6.45, 7) is 4.00. The first kappa shape index (κ1) is 17.7. The fourth-order valence-corrected chi connectivity index (χ4v) is 2.27. The monoisotopic (exact) mass is 310 g/mol. The van der Waals surface area contributed by atoms with Crippen molar-refractivity contribution in [3.63, 3.8) is 0 Å². The molecule has 0 fully saturated rings. The van der Waals surface area contributed by atoms with Crippen LogP contribution in [0.25, 0.3) is 0 Å². The molecule has 0 heterocycles. The predicted molar refractivity (Wildman–Crippen MR) is 85.2 cm³/mol. The van der Waals surface area contributed by atoms with Crippen LogP contribution in [0.3, 0.4) is 0 Å². The number of hydrogen-bond acceptors (Lipinski definition) is 3. The van der Waals surface area contributed by atoms with Gasteiger partial charge < -0.3 is 11.1 Å². The SMILES string of the molecule is CC(C)C[C@H](N)C(=O)N[C@@H](Cc1ccccc1)C(=O)CCl. The number of rotatable bonds is 8. The third-order valence-electron chi connectivity index (χ3n) is 3.18. The van der Waals surface area contributed by atoms with Crippen LogP contribution < -0.4 is 11.1 Å². The summed E-state index contributed by atoms with van der Waals surface area (Å²) >= 11 is 5.63. The first-order valence-corrected chi connectivity index (χ1v) is 7.66. The second-order valence-corrected chi connectivity index (χ2v) is 5.85. The average Bonchev–Trinajstić information content (AvgIpc) is 2.46. The highest BCUT2D eigenvalue weighted by atomic mass is 35.5. The number of nitrogens with two attached hydrogens (primary N) is 1. The van der Waals surface area contributed by atoms with Gasteiger partial charge in [-0.3, -0.25) is 9.59 Å². The van der Waals surface area contributed by atoms with E-state index in [1.807, 2.05) is 44.2 Å². The summed E-state index contributed by atoms with van der Waals surface area (Å²) in [4.78, 5) is 24.0. The molecule has 1 rings (SSSR count). The molecule has 4 nitrogen and oxygen atoms in total. The first-order valence-electron chi connectivity index (χ1n) is 7.12. The molecule has 0 aromatic heterocycles. The third kappa shape index (κ3) is 6.27. The Kier molecular flexibility index (Phi) is 7.40. The van der Waals surface area contributed by atoms with Crippen molar-refractivity contribution < 1.29 is 9.59 Å². The second kappa shape index (κ2) is 8.80. The summed E-state index contributed by atoms with van der Waals surface area (Å²) in [5, 5.41) is 2.72. The lowest BCUT2D eigenvalue weighted by Crippen LogP contribution is -2.50. The molecular weight excluding hydrogens is 288 g/mol. The van der Waals surface area contributed by atoms with Crippen LogP contribution in [0.15, 0.2) is 30.3 Å². The molecule has 3 N–H and O–H groups in total. The number of amides is 1. The van der Waals surface area contributed by atoms with Crippen molar-refractivity contribution in [2.45, 2.75) is 38.8 Å². The van der Waals surface area contributed by atoms with E-state index in [-0.39, 0.29) is 17.6 Å². The molecule has 0 aliphatic rings. The van der Waals surface area contributed by atoms with E-state index < -0.39 is 12.1 Å². The van der Waals surface area contributed by atoms with E-state index in [0.29, 0.717) is 18.8 Å². The van der Waals surface area contributed by atoms with Gasteiger partial charge in [-0.05, 0) is 24.3 Å². The van der Waals surface area contributed by atoms with E-state index >= 15 is 0 Å². The molecule has 0 saturated carbocycles. The van der Waals surface area contributed by atoms with Gasteiger partial charge in [0, 0.05) is 0 Å². The maximum absolute atomic E-state index is 12.1. The van der Waals surface area contributed by atoms with Crippen molar-refractivity contribution in [3.8, 4) is 0 Å². The number of carbonyl (C=O) groups is 2. The molecule has 0 aliphatic heterocycles. The standard InChI is InChI=1S/C16H23ClN2O2/c1-11(2)8-13(18)16(21)19-14(15(20)10-17)9-12-6-4-3-5-7-12/h3-7,11,13-14H,8-10,18H2,1-2H3,(H,19,21)/t13-,14-/m0/s1. The van der Waals surface area contributed by atoms with Crippen molar-refractivity contribution in [2.24, 2.45) is 11.7 Å². The highest BCUT2D eigenvalue weighted by molar-refractivity contribution is 6.28. The number of nitrogens with one attached hydrogen (secondary N) is 1. The van der Waals surface area contributed by atoms with Gasteiger partial charge in [-0.15, -0.1) is 11.6 Å². The van der Waals surface area contributed by atoms with E-state index in [4.69, 9.17) is 17.3 Å². The zero-order valence-corrected chi connectivity index (χ0v) is 13.3. The lowest BCUT2D eigenvalue weighted by molar-refractivity contribution is -0.127. The summed E-state index contributed by atoms with van der Waals surface area (Å²) in [5.74, 6) is -0.312. The maximum Gasteiger partial charge on any atom is 0.237 e. The molecule has 21 heavy (non-hydrogen) atoms. The number of carbonyl (C=O) groups excluding carboxylic acids is 2. The second-order valence-electron chi connectivity index (χ2n) is 5.59. The van der Waals surface area contributed by atoms with Crippen LogP contribution in [0.2, 0.25) is 0 Å². The van der Waals surface area contributed by atoms with Gasteiger partial charge >= 0.3 is 0 Å². The zero-order valence-electron chi connectivity index (χ0n) is 12.5. The summed E-state index contributed by atoms with van der Waals surface area (Å²) < 4.78 is 0. The zero-order chi connectivity index (χ0) is 15.8. The summed E-state index contributed by atoms with van der Waals surface area (Å²) in [7, 11) is 0. The lowest BCUT2D eigenvalue weighted by Gasteiger charge is -2.20. The number of alkyl halides is 1. The molecule has 0 bridgehead atoms. The number of ketones is 1. The van der Waals surface area contributed by atoms with E-state index in [1.165, 1.54) is 0 Å². The number of benzene rings is 1. The van der Waals surface area contributed by atoms with Gasteiger partial charge in [0.25, 0.3) is 0 Å². The Bertz CT molecular complexity index is 463. The van der Waals surface area contributed by atoms with E-state index in [0.717, 1.165) is 5.56 Å². The van der Waals surface area contributed by atoms with Crippen molar-refractivity contribution >= 4 is 23.3 Å². The first-order chi connectivity index (χ1) is 9.93. The van der Waals surface area contributed by atoms with Gasteiger partial charge in [0.05, 0.1) is 18.0 Å². The maximum atomic E-state index is 12.1. The molecule has 116 valence electrons. The highest BCUT2D eigenvalue weighted by Crippen LogP contribution is 2.07. The Morgan fingerprint density at radius 3 is 2.38 bits per heavy atom. The molecule has 1 aromatic carbocycles. The van der Waals surface area contributed by atoms with Crippen LogP contribution in [0.1, 0.15) is 25.8 Å². The number of Topliss-reactive ketones (excluding diaryl/α,β-unsaturated/α-hetero) is 1. The topological polar surface area (TPSA) is 72.2 Å². The van der Waals surface area contributed by atoms with Crippen LogP contribution in [0.4, 0.5) is 0 Å². The number of hydrogen-bond donors (Lipinski definition) is 2. The quantitative estimate of drug-likeness (QED) is 0.720. The van der Waals surface area contributed by atoms with E-state index in [9.17, 15) is 9.59 Å². The molecule has 1 amide bonds. The highest BCUT2D eigenvalue weighted by Gasteiger charge is 2.23. The lowest BCUT2D eigenvalue weighted by atomic mass is 10.0. The van der Waals surface area contributed by atoms with Crippen molar-refractivity contribution in [1.82, 2.24) is 5.32 Å². The third-order valence-corrected chi connectivity index (χ3v) is 3.45. The molecule has 1 aromatic rings. The van der Waals surface area contributed by atoms with Gasteiger partial charge in [0.1, 0.15) is 0 Å². The Morgan fingerprint density at radius 2 is 1.86 bits per heavy atom. The van der Waals surface area contributed by atoms with Crippen LogP contribution in [-0.4, -0.2) is 29.7 Å². The van der Waals surface area contributed by atoms with E-state index in [1.54, 1.807) is 0 Å². The minimum Gasteiger partial charge on any atom is -0.345 e. The molecule has 0 saturated heterocycles. The molecule has 0 unspecified atom stereocenters. The van der Waals surface area contributed by atoms with Gasteiger partial charge in [0.15, 0.2) is 5.78 Å². The van der Waals surface area contributed by atoms with Crippen molar-refractivity contribution in [2.75, 3.05) is 5.88 Å².